The third-order valence-corrected chi connectivity index (χ3v) is 3.16. The molecule has 1 aromatic rings. The van der Waals surface area contributed by atoms with Crippen LogP contribution in [0.1, 0.15) is 20.3 Å². The number of rotatable bonds is 2. The highest BCUT2D eigenvalue weighted by molar-refractivity contribution is 6.32. The van der Waals surface area contributed by atoms with Crippen LogP contribution in [0.3, 0.4) is 0 Å². The van der Waals surface area contributed by atoms with E-state index in [1.165, 1.54) is 6.42 Å². The van der Waals surface area contributed by atoms with Crippen molar-refractivity contribution in [3.05, 3.63) is 11.2 Å². The van der Waals surface area contributed by atoms with E-state index in [2.05, 4.69) is 18.9 Å². The Balaban J connectivity index is 2.03. The van der Waals surface area contributed by atoms with Gasteiger partial charge in [0.2, 0.25) is 0 Å². The second-order valence-electron chi connectivity index (χ2n) is 4.47. The molecular formula is C9H14ClN3. The van der Waals surface area contributed by atoms with Gasteiger partial charge >= 0.3 is 0 Å². The zero-order chi connectivity index (χ0) is 9.64. The van der Waals surface area contributed by atoms with Crippen molar-refractivity contribution >= 4 is 17.4 Å². The third-order valence-electron chi connectivity index (χ3n) is 2.87. The number of nitrogens with zero attached hydrogens (tertiary/aromatic N) is 2. The van der Waals surface area contributed by atoms with E-state index < -0.39 is 0 Å². The maximum absolute atomic E-state index is 5.80. The van der Waals surface area contributed by atoms with Crippen LogP contribution in [-0.4, -0.2) is 9.78 Å². The molecule has 0 amide bonds. The molecule has 4 heteroatoms. The Morgan fingerprint density at radius 3 is 2.77 bits per heavy atom. The average molecular weight is 200 g/mol. The summed E-state index contributed by atoms with van der Waals surface area (Å²) in [4.78, 5) is 0. The number of anilines is 1. The van der Waals surface area contributed by atoms with Crippen molar-refractivity contribution in [1.82, 2.24) is 9.78 Å². The number of halogens is 1. The van der Waals surface area contributed by atoms with Crippen LogP contribution in [0.15, 0.2) is 6.20 Å². The Labute approximate surface area is 82.9 Å². The minimum absolute atomic E-state index is 0.431. The van der Waals surface area contributed by atoms with Gasteiger partial charge in [0.25, 0.3) is 0 Å². The molecule has 1 aromatic heterocycles. The largest absolute Gasteiger partial charge is 0.381 e. The Bertz CT molecular complexity index is 310. The molecule has 1 unspecified atom stereocenters. The molecular weight excluding hydrogens is 186 g/mol. The average Bonchev–Trinajstić information content (AvgIpc) is 2.44. The molecule has 0 aromatic carbocycles. The standard InChI is InChI=1S/C9H14ClN3/c1-9(2)3-6(9)4-13-5-7(10)8(11)12-13/h5-6H,3-4H2,1-2H3,(H2,11,12). The lowest BCUT2D eigenvalue weighted by molar-refractivity contribution is 0.473. The number of nitrogen functional groups attached to an aromatic ring is 1. The van der Waals surface area contributed by atoms with E-state index in [1.54, 1.807) is 6.20 Å². The number of aromatic nitrogens is 2. The monoisotopic (exact) mass is 199 g/mol. The summed E-state index contributed by atoms with van der Waals surface area (Å²) in [6, 6.07) is 0. The van der Waals surface area contributed by atoms with Gasteiger partial charge in [-0.05, 0) is 17.8 Å². The van der Waals surface area contributed by atoms with Crippen LogP contribution in [0.4, 0.5) is 5.82 Å². The van der Waals surface area contributed by atoms with Crippen LogP contribution < -0.4 is 5.73 Å². The van der Waals surface area contributed by atoms with Gasteiger partial charge in [-0.3, -0.25) is 4.68 Å². The lowest BCUT2D eigenvalue weighted by Crippen LogP contribution is -2.04. The number of hydrogen-bond donors (Lipinski definition) is 1. The first-order valence-corrected chi connectivity index (χ1v) is 4.85. The second-order valence-corrected chi connectivity index (χ2v) is 4.88. The van der Waals surface area contributed by atoms with Crippen molar-refractivity contribution in [2.75, 3.05) is 5.73 Å². The molecule has 0 bridgehead atoms. The van der Waals surface area contributed by atoms with Crippen LogP contribution >= 0.6 is 11.6 Å². The van der Waals surface area contributed by atoms with E-state index >= 15 is 0 Å². The van der Waals surface area contributed by atoms with Gasteiger partial charge in [-0.1, -0.05) is 25.4 Å². The fraction of sp³-hybridized carbons (Fsp3) is 0.667. The van der Waals surface area contributed by atoms with Crippen LogP contribution in [-0.2, 0) is 6.54 Å². The predicted molar refractivity (Wildman–Crippen MR) is 53.5 cm³/mol. The van der Waals surface area contributed by atoms with Gasteiger partial charge in [-0.2, -0.15) is 5.10 Å². The third kappa shape index (κ3) is 1.66. The second kappa shape index (κ2) is 2.64. The zero-order valence-corrected chi connectivity index (χ0v) is 8.67. The van der Waals surface area contributed by atoms with E-state index in [0.29, 0.717) is 16.3 Å². The van der Waals surface area contributed by atoms with E-state index in [4.69, 9.17) is 17.3 Å². The van der Waals surface area contributed by atoms with Crippen molar-refractivity contribution in [3.8, 4) is 0 Å². The quantitative estimate of drug-likeness (QED) is 0.794. The summed E-state index contributed by atoms with van der Waals surface area (Å²) in [5, 5.41) is 4.67. The summed E-state index contributed by atoms with van der Waals surface area (Å²) in [7, 11) is 0. The molecule has 3 nitrogen and oxygen atoms in total. The van der Waals surface area contributed by atoms with Gasteiger partial charge in [0.1, 0.15) is 5.02 Å². The highest BCUT2D eigenvalue weighted by Gasteiger charge is 2.45. The topological polar surface area (TPSA) is 43.8 Å². The molecule has 0 aliphatic heterocycles. The first kappa shape index (κ1) is 8.88. The summed E-state index contributed by atoms with van der Waals surface area (Å²) in [6.07, 6.45) is 3.07. The molecule has 0 radical (unpaired) electrons. The van der Waals surface area contributed by atoms with Gasteiger partial charge in [-0.25, -0.2) is 0 Å². The van der Waals surface area contributed by atoms with Crippen molar-refractivity contribution in [2.24, 2.45) is 11.3 Å². The normalized spacial score (nSPS) is 24.7. The molecule has 13 heavy (non-hydrogen) atoms. The molecule has 2 rings (SSSR count). The van der Waals surface area contributed by atoms with Crippen molar-refractivity contribution in [1.29, 1.82) is 0 Å². The minimum Gasteiger partial charge on any atom is -0.381 e. The van der Waals surface area contributed by atoms with E-state index in [-0.39, 0.29) is 0 Å². The maximum Gasteiger partial charge on any atom is 0.164 e. The van der Waals surface area contributed by atoms with Gasteiger partial charge in [-0.15, -0.1) is 0 Å². The molecule has 2 N–H and O–H groups in total. The van der Waals surface area contributed by atoms with Crippen LogP contribution in [0.5, 0.6) is 0 Å². The smallest absolute Gasteiger partial charge is 0.164 e. The van der Waals surface area contributed by atoms with Crippen LogP contribution in [0.25, 0.3) is 0 Å². The van der Waals surface area contributed by atoms with Gasteiger partial charge in [0.15, 0.2) is 5.82 Å². The molecule has 1 aliphatic rings. The summed E-state index contributed by atoms with van der Waals surface area (Å²) in [6.45, 7) is 5.47. The number of nitrogens with two attached hydrogens (primary N) is 1. The van der Waals surface area contributed by atoms with Gasteiger partial charge in [0.05, 0.1) is 0 Å². The molecule has 72 valence electrons. The first-order valence-electron chi connectivity index (χ1n) is 4.47. The van der Waals surface area contributed by atoms with Crippen molar-refractivity contribution in [3.63, 3.8) is 0 Å². The van der Waals surface area contributed by atoms with Crippen LogP contribution in [0, 0.1) is 11.3 Å². The highest BCUT2D eigenvalue weighted by Crippen LogP contribution is 2.52. The van der Waals surface area contributed by atoms with Gasteiger partial charge < -0.3 is 5.73 Å². The van der Waals surface area contributed by atoms with Crippen molar-refractivity contribution < 1.29 is 0 Å². The molecule has 0 spiro atoms. The SMILES string of the molecule is CC1(C)CC1Cn1cc(Cl)c(N)n1. The molecule has 1 fully saturated rings. The molecule has 1 atom stereocenters. The first-order chi connectivity index (χ1) is 5.99. The lowest BCUT2D eigenvalue weighted by Gasteiger charge is -2.02. The summed E-state index contributed by atoms with van der Waals surface area (Å²) < 4.78 is 1.84. The molecule has 1 aliphatic carbocycles. The van der Waals surface area contributed by atoms with E-state index in [0.717, 1.165) is 12.5 Å². The minimum atomic E-state index is 0.431. The summed E-state index contributed by atoms with van der Waals surface area (Å²) in [5.41, 5.74) is 6.02. The predicted octanol–water partition coefficient (Wildman–Crippen LogP) is 2.16. The molecule has 1 saturated carbocycles. The summed E-state index contributed by atoms with van der Waals surface area (Å²) >= 11 is 5.80. The fourth-order valence-corrected chi connectivity index (χ4v) is 1.77. The fourth-order valence-electron chi connectivity index (χ4n) is 1.62. The zero-order valence-electron chi connectivity index (χ0n) is 7.92. The Morgan fingerprint density at radius 2 is 2.38 bits per heavy atom. The molecule has 1 heterocycles. The van der Waals surface area contributed by atoms with Gasteiger partial charge in [0, 0.05) is 12.7 Å². The van der Waals surface area contributed by atoms with E-state index in [1.807, 2.05) is 4.68 Å². The highest BCUT2D eigenvalue weighted by atomic mass is 35.5. The summed E-state index contributed by atoms with van der Waals surface area (Å²) in [5.74, 6) is 1.16. The molecule has 0 saturated heterocycles. The Hall–Kier alpha value is -0.700. The number of hydrogen-bond acceptors (Lipinski definition) is 2. The van der Waals surface area contributed by atoms with Crippen molar-refractivity contribution in [2.45, 2.75) is 26.8 Å². The Kier molecular flexibility index (Phi) is 1.80. The van der Waals surface area contributed by atoms with E-state index in [9.17, 15) is 0 Å². The van der Waals surface area contributed by atoms with Crippen LogP contribution in [0.2, 0.25) is 5.02 Å². The lowest BCUT2D eigenvalue weighted by atomic mass is 10.1. The maximum atomic E-state index is 5.80. The Morgan fingerprint density at radius 1 is 1.77 bits per heavy atom.